The Bertz CT molecular complexity index is 437. The van der Waals surface area contributed by atoms with Gasteiger partial charge in [0.25, 0.3) is 5.91 Å². The number of nitrogens with two attached hydrogens (primary N) is 1. The van der Waals surface area contributed by atoms with Crippen LogP contribution < -0.4 is 11.1 Å². The van der Waals surface area contributed by atoms with Crippen LogP contribution in [-0.2, 0) is 0 Å². The Kier molecular flexibility index (Phi) is 4.45. The molecule has 1 amide bonds. The van der Waals surface area contributed by atoms with Crippen LogP contribution in [0.5, 0.6) is 0 Å². The molecule has 0 saturated carbocycles. The van der Waals surface area contributed by atoms with Gasteiger partial charge in [-0.1, -0.05) is 0 Å². The first-order chi connectivity index (χ1) is 7.99. The monoisotopic (exact) mass is 250 g/mol. The summed E-state index contributed by atoms with van der Waals surface area (Å²) in [6.45, 7) is 0.435. The zero-order chi connectivity index (χ0) is 13.0. The van der Waals surface area contributed by atoms with E-state index < -0.39 is 34.7 Å². The largest absolute Gasteiger partial charge is 0.352 e. The Labute approximate surface area is 94.6 Å². The van der Waals surface area contributed by atoms with E-state index in [4.69, 9.17) is 5.73 Å². The first-order valence-corrected chi connectivity index (χ1v) is 4.80. The van der Waals surface area contributed by atoms with Crippen molar-refractivity contribution in [2.45, 2.75) is 6.42 Å². The molecule has 3 N–H and O–H groups in total. The minimum Gasteiger partial charge on any atom is -0.352 e. The maximum atomic E-state index is 13.1. The van der Waals surface area contributed by atoms with Gasteiger partial charge in [-0.25, -0.2) is 17.6 Å². The van der Waals surface area contributed by atoms with Crippen molar-refractivity contribution in [3.05, 3.63) is 34.9 Å². The molecule has 0 aliphatic rings. The molecule has 0 bridgehead atoms. The second kappa shape index (κ2) is 5.62. The normalized spacial score (nSPS) is 10.4. The van der Waals surface area contributed by atoms with Crippen LogP contribution in [0.15, 0.2) is 6.07 Å². The lowest BCUT2D eigenvalue weighted by atomic mass is 10.1. The average molecular weight is 250 g/mol. The zero-order valence-corrected chi connectivity index (χ0v) is 8.70. The number of rotatable bonds is 4. The summed E-state index contributed by atoms with van der Waals surface area (Å²) in [7, 11) is 0. The van der Waals surface area contributed by atoms with Crippen LogP contribution in [0.25, 0.3) is 0 Å². The highest BCUT2D eigenvalue weighted by atomic mass is 19.2. The van der Waals surface area contributed by atoms with E-state index in [1.54, 1.807) is 0 Å². The molecule has 0 saturated heterocycles. The van der Waals surface area contributed by atoms with Gasteiger partial charge in [0.05, 0.1) is 5.56 Å². The van der Waals surface area contributed by atoms with Gasteiger partial charge in [-0.3, -0.25) is 4.79 Å². The number of benzene rings is 1. The van der Waals surface area contributed by atoms with Crippen molar-refractivity contribution in [1.82, 2.24) is 5.32 Å². The van der Waals surface area contributed by atoms with Crippen molar-refractivity contribution in [3.8, 4) is 0 Å². The quantitative estimate of drug-likeness (QED) is 0.366. The van der Waals surface area contributed by atoms with E-state index in [1.165, 1.54) is 0 Å². The Hall–Kier alpha value is -1.63. The zero-order valence-electron chi connectivity index (χ0n) is 8.70. The van der Waals surface area contributed by atoms with Gasteiger partial charge >= 0.3 is 0 Å². The summed E-state index contributed by atoms with van der Waals surface area (Å²) in [5, 5.41) is 2.20. The van der Waals surface area contributed by atoms with Crippen LogP contribution in [-0.4, -0.2) is 19.0 Å². The number of carbonyl (C=O) groups excluding carboxylic acids is 1. The first-order valence-electron chi connectivity index (χ1n) is 4.80. The molecule has 1 aromatic rings. The minimum absolute atomic E-state index is 0.134. The lowest BCUT2D eigenvalue weighted by Gasteiger charge is -2.06. The molecule has 1 aromatic carbocycles. The second-order valence-electron chi connectivity index (χ2n) is 3.25. The van der Waals surface area contributed by atoms with E-state index in [2.05, 4.69) is 5.32 Å². The Balaban J connectivity index is 2.94. The molecule has 0 spiro atoms. The maximum absolute atomic E-state index is 13.1. The summed E-state index contributed by atoms with van der Waals surface area (Å²) < 4.78 is 51.3. The molecule has 94 valence electrons. The van der Waals surface area contributed by atoms with Gasteiger partial charge in [-0.15, -0.1) is 0 Å². The highest BCUT2D eigenvalue weighted by molar-refractivity contribution is 5.94. The standard InChI is InChI=1S/C10H10F4N2O/c11-6-4-5(7(12)9(14)8(6)13)10(17)16-3-1-2-15/h4H,1-3,15H2,(H,16,17). The average Bonchev–Trinajstić information content (AvgIpc) is 2.31. The molecule has 1 rings (SSSR count). The SMILES string of the molecule is NCCCNC(=O)c1cc(F)c(F)c(F)c1F. The fraction of sp³-hybridized carbons (Fsp3) is 0.300. The molecule has 0 heterocycles. The number of halogens is 4. The molecule has 0 aliphatic heterocycles. The van der Waals surface area contributed by atoms with Crippen LogP contribution in [0.2, 0.25) is 0 Å². The van der Waals surface area contributed by atoms with Crippen molar-refractivity contribution >= 4 is 5.91 Å². The number of hydrogen-bond acceptors (Lipinski definition) is 2. The van der Waals surface area contributed by atoms with Gasteiger partial charge in [0.2, 0.25) is 0 Å². The summed E-state index contributed by atoms with van der Waals surface area (Å²) in [6, 6.07) is 0.311. The first kappa shape index (κ1) is 13.4. The Morgan fingerprint density at radius 2 is 1.82 bits per heavy atom. The number of nitrogens with one attached hydrogen (secondary N) is 1. The lowest BCUT2D eigenvalue weighted by Crippen LogP contribution is -2.27. The molecular formula is C10H10F4N2O. The van der Waals surface area contributed by atoms with E-state index in [0.29, 0.717) is 19.0 Å². The number of amides is 1. The summed E-state index contributed by atoms with van der Waals surface area (Å²) in [4.78, 5) is 11.3. The third kappa shape index (κ3) is 2.94. The summed E-state index contributed by atoms with van der Waals surface area (Å²) in [5.74, 6) is -8.30. The van der Waals surface area contributed by atoms with E-state index >= 15 is 0 Å². The van der Waals surface area contributed by atoms with Gasteiger partial charge in [0, 0.05) is 6.54 Å². The molecule has 0 aromatic heterocycles. The molecule has 0 radical (unpaired) electrons. The predicted molar refractivity (Wildman–Crippen MR) is 52.3 cm³/mol. The predicted octanol–water partition coefficient (Wildman–Crippen LogP) is 1.32. The van der Waals surface area contributed by atoms with Crippen molar-refractivity contribution in [3.63, 3.8) is 0 Å². The number of carbonyl (C=O) groups is 1. The van der Waals surface area contributed by atoms with Gasteiger partial charge in [-0.05, 0) is 19.0 Å². The highest BCUT2D eigenvalue weighted by Crippen LogP contribution is 2.18. The van der Waals surface area contributed by atoms with E-state index in [-0.39, 0.29) is 6.54 Å². The van der Waals surface area contributed by atoms with Gasteiger partial charge in [0.1, 0.15) is 0 Å². The molecule has 0 unspecified atom stereocenters. The van der Waals surface area contributed by atoms with E-state index in [1.807, 2.05) is 0 Å². The maximum Gasteiger partial charge on any atom is 0.254 e. The molecule has 0 fully saturated rings. The molecule has 3 nitrogen and oxygen atoms in total. The van der Waals surface area contributed by atoms with Crippen molar-refractivity contribution in [1.29, 1.82) is 0 Å². The Morgan fingerprint density at radius 3 is 2.41 bits per heavy atom. The van der Waals surface area contributed by atoms with Crippen LogP contribution >= 0.6 is 0 Å². The highest BCUT2D eigenvalue weighted by Gasteiger charge is 2.22. The van der Waals surface area contributed by atoms with Crippen molar-refractivity contribution < 1.29 is 22.4 Å². The third-order valence-corrected chi connectivity index (χ3v) is 2.01. The van der Waals surface area contributed by atoms with Crippen LogP contribution in [0.3, 0.4) is 0 Å². The molecular weight excluding hydrogens is 240 g/mol. The van der Waals surface area contributed by atoms with E-state index in [9.17, 15) is 22.4 Å². The lowest BCUT2D eigenvalue weighted by molar-refractivity contribution is 0.0947. The molecule has 7 heteroatoms. The topological polar surface area (TPSA) is 55.1 Å². The van der Waals surface area contributed by atoms with E-state index in [0.717, 1.165) is 0 Å². The molecule has 0 aliphatic carbocycles. The number of hydrogen-bond donors (Lipinski definition) is 2. The van der Waals surface area contributed by atoms with Gasteiger partial charge < -0.3 is 11.1 Å². The van der Waals surface area contributed by atoms with Crippen molar-refractivity contribution in [2.75, 3.05) is 13.1 Å². The third-order valence-electron chi connectivity index (χ3n) is 2.01. The molecule has 0 atom stereocenters. The van der Waals surface area contributed by atoms with Crippen LogP contribution in [0.4, 0.5) is 17.6 Å². The van der Waals surface area contributed by atoms with Crippen LogP contribution in [0, 0.1) is 23.3 Å². The second-order valence-corrected chi connectivity index (χ2v) is 3.25. The van der Waals surface area contributed by atoms with Crippen molar-refractivity contribution in [2.24, 2.45) is 5.73 Å². The summed E-state index contributed by atoms with van der Waals surface area (Å²) >= 11 is 0. The smallest absolute Gasteiger partial charge is 0.254 e. The van der Waals surface area contributed by atoms with Gasteiger partial charge in [-0.2, -0.15) is 0 Å². The fourth-order valence-electron chi connectivity index (χ4n) is 1.14. The molecule has 17 heavy (non-hydrogen) atoms. The Morgan fingerprint density at radius 1 is 1.18 bits per heavy atom. The minimum atomic E-state index is -2.01. The fourth-order valence-corrected chi connectivity index (χ4v) is 1.14. The van der Waals surface area contributed by atoms with Crippen LogP contribution in [0.1, 0.15) is 16.8 Å². The summed E-state index contributed by atoms with van der Waals surface area (Å²) in [6.07, 6.45) is 0.430. The van der Waals surface area contributed by atoms with Gasteiger partial charge in [0.15, 0.2) is 23.3 Å². The summed E-state index contributed by atoms with van der Waals surface area (Å²) in [5.41, 5.74) is 4.28.